The summed E-state index contributed by atoms with van der Waals surface area (Å²) in [6.07, 6.45) is -1.28. The van der Waals surface area contributed by atoms with Gasteiger partial charge in [-0.05, 0) is 12.1 Å². The van der Waals surface area contributed by atoms with E-state index >= 15 is 0 Å². The number of sulfonamides is 1. The third-order valence-corrected chi connectivity index (χ3v) is 4.56. The molecule has 0 fully saturated rings. The van der Waals surface area contributed by atoms with Gasteiger partial charge in [0.15, 0.2) is 0 Å². The number of carboxylic acids is 1. The quantitative estimate of drug-likeness (QED) is 0.589. The average Bonchev–Trinajstić information content (AvgIpc) is 2.35. The van der Waals surface area contributed by atoms with Gasteiger partial charge in [0, 0.05) is 6.54 Å². The van der Waals surface area contributed by atoms with Crippen LogP contribution in [-0.4, -0.2) is 49.0 Å². The molecule has 10 heteroatoms. The summed E-state index contributed by atoms with van der Waals surface area (Å²) in [6, 6.07) is 2.14. The van der Waals surface area contributed by atoms with Crippen molar-refractivity contribution in [1.29, 1.82) is 0 Å². The summed E-state index contributed by atoms with van der Waals surface area (Å²) in [7, 11) is -4.14. The molecule has 0 saturated heterocycles. The molecule has 1 rings (SSSR count). The minimum Gasteiger partial charge on any atom is -0.478 e. The summed E-state index contributed by atoms with van der Waals surface area (Å²) in [5, 5.41) is 25.9. The maximum Gasteiger partial charge on any atom is 0.338 e. The van der Waals surface area contributed by atoms with Crippen molar-refractivity contribution in [2.75, 3.05) is 13.2 Å². The minimum absolute atomic E-state index is 0.197. The van der Waals surface area contributed by atoms with E-state index in [1.807, 2.05) is 4.72 Å². The van der Waals surface area contributed by atoms with Gasteiger partial charge in [-0.2, -0.15) is 0 Å². The second kappa shape index (κ2) is 6.70. The molecule has 0 aromatic heterocycles. The van der Waals surface area contributed by atoms with Crippen molar-refractivity contribution >= 4 is 39.2 Å². The molecule has 1 aromatic rings. The van der Waals surface area contributed by atoms with E-state index in [1.165, 1.54) is 0 Å². The molecule has 0 radical (unpaired) electrons. The second-order valence-corrected chi connectivity index (χ2v) is 6.25. The Morgan fingerprint density at radius 2 is 1.95 bits per heavy atom. The van der Waals surface area contributed by atoms with Crippen LogP contribution < -0.4 is 4.72 Å². The highest BCUT2D eigenvalue weighted by molar-refractivity contribution is 7.89. The molecule has 0 saturated carbocycles. The molecular formula is C10H11Cl2NO6S. The van der Waals surface area contributed by atoms with Crippen LogP contribution >= 0.6 is 23.2 Å². The van der Waals surface area contributed by atoms with Gasteiger partial charge in [0.2, 0.25) is 10.0 Å². The second-order valence-electron chi connectivity index (χ2n) is 3.73. The largest absolute Gasteiger partial charge is 0.478 e. The van der Waals surface area contributed by atoms with E-state index in [4.69, 9.17) is 38.5 Å². The van der Waals surface area contributed by atoms with Crippen molar-refractivity contribution in [3.05, 3.63) is 27.7 Å². The van der Waals surface area contributed by atoms with Crippen molar-refractivity contribution < 1.29 is 28.5 Å². The molecule has 1 unspecified atom stereocenters. The van der Waals surface area contributed by atoms with E-state index in [-0.39, 0.29) is 5.02 Å². The van der Waals surface area contributed by atoms with Crippen molar-refractivity contribution in [2.45, 2.75) is 11.0 Å². The van der Waals surface area contributed by atoms with Gasteiger partial charge in [0.1, 0.15) is 4.90 Å². The molecule has 4 N–H and O–H groups in total. The first kappa shape index (κ1) is 17.2. The van der Waals surface area contributed by atoms with Crippen LogP contribution in [0.5, 0.6) is 0 Å². The van der Waals surface area contributed by atoms with Crippen molar-refractivity contribution in [1.82, 2.24) is 4.72 Å². The first-order valence-corrected chi connectivity index (χ1v) is 7.44. The lowest BCUT2D eigenvalue weighted by Crippen LogP contribution is -2.34. The first-order valence-electron chi connectivity index (χ1n) is 5.20. The van der Waals surface area contributed by atoms with Gasteiger partial charge in [0.25, 0.3) is 0 Å². The molecule has 20 heavy (non-hydrogen) atoms. The summed E-state index contributed by atoms with van der Waals surface area (Å²) >= 11 is 11.4. The van der Waals surface area contributed by atoms with Gasteiger partial charge in [-0.3, -0.25) is 0 Å². The smallest absolute Gasteiger partial charge is 0.338 e. The highest BCUT2D eigenvalue weighted by atomic mass is 35.5. The van der Waals surface area contributed by atoms with Gasteiger partial charge in [0.05, 0.1) is 28.3 Å². The number of carbonyl (C=O) groups is 1. The van der Waals surface area contributed by atoms with Gasteiger partial charge >= 0.3 is 5.97 Å². The molecule has 0 aliphatic heterocycles. The van der Waals surface area contributed by atoms with Crippen LogP contribution in [0.15, 0.2) is 17.0 Å². The van der Waals surface area contributed by atoms with E-state index in [1.54, 1.807) is 0 Å². The maximum atomic E-state index is 11.9. The Morgan fingerprint density at radius 3 is 2.45 bits per heavy atom. The number of aliphatic hydroxyl groups excluding tert-OH is 2. The number of hydrogen-bond donors (Lipinski definition) is 4. The third kappa shape index (κ3) is 3.81. The lowest BCUT2D eigenvalue weighted by molar-refractivity contribution is 0.0697. The normalized spacial score (nSPS) is 13.2. The van der Waals surface area contributed by atoms with Crippen LogP contribution in [0.3, 0.4) is 0 Å². The minimum atomic E-state index is -4.14. The zero-order valence-corrected chi connectivity index (χ0v) is 12.2. The van der Waals surface area contributed by atoms with E-state index < -0.39 is 50.7 Å². The molecule has 0 amide bonds. The Bertz CT molecular complexity index is 618. The van der Waals surface area contributed by atoms with Crippen LogP contribution in [-0.2, 0) is 10.0 Å². The lowest BCUT2D eigenvalue weighted by Gasteiger charge is -2.12. The number of aliphatic hydroxyl groups is 2. The van der Waals surface area contributed by atoms with E-state index in [2.05, 4.69) is 0 Å². The summed E-state index contributed by atoms with van der Waals surface area (Å²) in [5.41, 5.74) is -0.529. The van der Waals surface area contributed by atoms with Gasteiger partial charge in [-0.15, -0.1) is 0 Å². The predicted molar refractivity (Wildman–Crippen MR) is 71.7 cm³/mol. The van der Waals surface area contributed by atoms with Gasteiger partial charge in [-0.1, -0.05) is 23.2 Å². The van der Waals surface area contributed by atoms with Gasteiger partial charge < -0.3 is 15.3 Å². The molecule has 7 nitrogen and oxygen atoms in total. The summed E-state index contributed by atoms with van der Waals surface area (Å²) in [6.45, 7) is -1.07. The fourth-order valence-electron chi connectivity index (χ4n) is 1.29. The van der Waals surface area contributed by atoms with E-state index in [9.17, 15) is 13.2 Å². The number of halogens is 2. The Hall–Kier alpha value is -0.900. The molecule has 0 heterocycles. The monoisotopic (exact) mass is 343 g/mol. The molecule has 0 spiro atoms. The van der Waals surface area contributed by atoms with E-state index in [0.717, 1.165) is 12.1 Å². The zero-order chi connectivity index (χ0) is 15.5. The molecule has 0 aliphatic rings. The Kier molecular flexibility index (Phi) is 5.75. The lowest BCUT2D eigenvalue weighted by atomic mass is 10.2. The predicted octanol–water partition coefficient (Wildman–Crippen LogP) is 0.323. The highest BCUT2D eigenvalue weighted by Crippen LogP contribution is 2.30. The number of rotatable bonds is 6. The number of carboxylic acid groups (broad SMARTS) is 1. The maximum absolute atomic E-state index is 11.9. The van der Waals surface area contributed by atoms with Crippen LogP contribution in [0.1, 0.15) is 10.4 Å². The molecule has 1 atom stereocenters. The van der Waals surface area contributed by atoms with E-state index in [0.29, 0.717) is 0 Å². The Morgan fingerprint density at radius 1 is 1.35 bits per heavy atom. The summed E-state index contributed by atoms with van der Waals surface area (Å²) < 4.78 is 25.9. The molecule has 112 valence electrons. The number of hydrogen-bond acceptors (Lipinski definition) is 5. The molecule has 0 bridgehead atoms. The fraction of sp³-hybridized carbons (Fsp3) is 0.300. The Labute approximate surface area is 124 Å². The molecule has 0 aliphatic carbocycles. The standard InChI is InChI=1S/C10H11Cl2NO6S/c11-6-1-2-7(9(12)8(6)10(16)17)20(18,19)13-3-5(15)4-14/h1-2,5,13-15H,3-4H2,(H,16,17). The van der Waals surface area contributed by atoms with Crippen LogP contribution in [0, 0.1) is 0 Å². The average molecular weight is 344 g/mol. The Balaban J connectivity index is 3.20. The van der Waals surface area contributed by atoms with Crippen LogP contribution in [0.4, 0.5) is 0 Å². The van der Waals surface area contributed by atoms with Crippen molar-refractivity contribution in [3.8, 4) is 0 Å². The van der Waals surface area contributed by atoms with Crippen LogP contribution in [0.25, 0.3) is 0 Å². The SMILES string of the molecule is O=C(O)c1c(Cl)ccc(S(=O)(=O)NCC(O)CO)c1Cl. The van der Waals surface area contributed by atoms with Gasteiger partial charge in [-0.25, -0.2) is 17.9 Å². The fourth-order valence-corrected chi connectivity index (χ4v) is 3.27. The molecule has 1 aromatic carbocycles. The topological polar surface area (TPSA) is 124 Å². The summed E-state index contributed by atoms with van der Waals surface area (Å²) in [5.74, 6) is -1.47. The summed E-state index contributed by atoms with van der Waals surface area (Å²) in [4.78, 5) is 10.5. The van der Waals surface area contributed by atoms with Crippen LogP contribution in [0.2, 0.25) is 10.0 Å². The van der Waals surface area contributed by atoms with Crippen molar-refractivity contribution in [3.63, 3.8) is 0 Å². The number of nitrogens with one attached hydrogen (secondary N) is 1. The number of aromatic carboxylic acids is 1. The third-order valence-electron chi connectivity index (χ3n) is 2.28. The number of benzene rings is 1. The highest BCUT2D eigenvalue weighted by Gasteiger charge is 2.25. The first-order chi connectivity index (χ1) is 9.20. The van der Waals surface area contributed by atoms with Crippen molar-refractivity contribution in [2.24, 2.45) is 0 Å². The zero-order valence-electron chi connectivity index (χ0n) is 9.88. The molecular weight excluding hydrogens is 333 g/mol.